The van der Waals surface area contributed by atoms with Gasteiger partial charge in [0.1, 0.15) is 6.04 Å². The van der Waals surface area contributed by atoms with Gasteiger partial charge < -0.3 is 10.6 Å². The van der Waals surface area contributed by atoms with Crippen molar-refractivity contribution < 1.29 is 4.79 Å². The van der Waals surface area contributed by atoms with Crippen LogP contribution in [0, 0.1) is 6.92 Å². The fourth-order valence-electron chi connectivity index (χ4n) is 1.47. The van der Waals surface area contributed by atoms with E-state index >= 15 is 0 Å². The molecule has 0 radical (unpaired) electrons. The van der Waals surface area contributed by atoms with Crippen molar-refractivity contribution in [3.05, 3.63) is 28.8 Å². The van der Waals surface area contributed by atoms with Gasteiger partial charge >= 0.3 is 0 Å². The molecule has 1 aromatic rings. The summed E-state index contributed by atoms with van der Waals surface area (Å²) in [4.78, 5) is 11.7. The van der Waals surface area contributed by atoms with Crippen LogP contribution in [0.3, 0.4) is 0 Å². The smallest absolute Gasteiger partial charge is 0.242 e. The first-order valence-electron chi connectivity index (χ1n) is 5.74. The number of hydrogen-bond donors (Lipinski definition) is 2. The zero-order chi connectivity index (χ0) is 13.0. The number of carbonyl (C=O) groups is 1. The highest BCUT2D eigenvalue weighted by atomic mass is 35.5. The van der Waals surface area contributed by atoms with Crippen LogP contribution >= 0.6 is 11.6 Å². The maximum absolute atomic E-state index is 11.7. The Bertz CT molecular complexity index is 404. The number of hydrogen-bond acceptors (Lipinski definition) is 2. The van der Waals surface area contributed by atoms with Crippen molar-refractivity contribution in [1.82, 2.24) is 5.32 Å². The molecule has 17 heavy (non-hydrogen) atoms. The van der Waals surface area contributed by atoms with E-state index in [9.17, 15) is 4.79 Å². The number of carbonyl (C=O) groups excluding carboxylic acids is 1. The van der Waals surface area contributed by atoms with Gasteiger partial charge in [-0.2, -0.15) is 0 Å². The predicted octanol–water partition coefficient (Wildman–Crippen LogP) is 2.97. The highest BCUT2D eigenvalue weighted by molar-refractivity contribution is 6.31. The molecule has 94 valence electrons. The van der Waals surface area contributed by atoms with Crippen LogP contribution in [-0.2, 0) is 4.79 Å². The standard InChI is InChI=1S/C13H19ClN2O/c1-8(2)15-13(17)10(4)16-12-7-5-6-11(14)9(12)3/h5-8,10,16H,1-4H3,(H,15,17). The second-order valence-electron chi connectivity index (χ2n) is 4.44. The fourth-order valence-corrected chi connectivity index (χ4v) is 1.65. The van der Waals surface area contributed by atoms with Crippen molar-refractivity contribution in [1.29, 1.82) is 0 Å². The van der Waals surface area contributed by atoms with Gasteiger partial charge in [0.2, 0.25) is 5.91 Å². The highest BCUT2D eigenvalue weighted by Crippen LogP contribution is 2.23. The molecular weight excluding hydrogens is 236 g/mol. The summed E-state index contributed by atoms with van der Waals surface area (Å²) in [6.07, 6.45) is 0. The van der Waals surface area contributed by atoms with E-state index in [2.05, 4.69) is 10.6 Å². The van der Waals surface area contributed by atoms with Gasteiger partial charge in [-0.25, -0.2) is 0 Å². The molecule has 4 heteroatoms. The number of nitrogens with one attached hydrogen (secondary N) is 2. The molecule has 1 aromatic carbocycles. The molecule has 3 nitrogen and oxygen atoms in total. The molecule has 0 bridgehead atoms. The van der Waals surface area contributed by atoms with Crippen molar-refractivity contribution in [3.8, 4) is 0 Å². The van der Waals surface area contributed by atoms with E-state index in [0.29, 0.717) is 5.02 Å². The molecule has 1 atom stereocenters. The Balaban J connectivity index is 2.71. The zero-order valence-electron chi connectivity index (χ0n) is 10.7. The minimum Gasteiger partial charge on any atom is -0.374 e. The summed E-state index contributed by atoms with van der Waals surface area (Å²) in [6.45, 7) is 7.64. The molecule has 0 saturated heterocycles. The van der Waals surface area contributed by atoms with Gasteiger partial charge in [0, 0.05) is 16.8 Å². The molecule has 0 aliphatic heterocycles. The molecule has 0 saturated carbocycles. The normalized spacial score (nSPS) is 12.4. The molecule has 0 spiro atoms. The molecule has 0 aromatic heterocycles. The van der Waals surface area contributed by atoms with Crippen LogP contribution in [0.2, 0.25) is 5.02 Å². The Kier molecular flexibility index (Phi) is 4.82. The van der Waals surface area contributed by atoms with Crippen LogP contribution < -0.4 is 10.6 Å². The molecular formula is C13H19ClN2O. The van der Waals surface area contributed by atoms with E-state index in [4.69, 9.17) is 11.6 Å². The summed E-state index contributed by atoms with van der Waals surface area (Å²) >= 11 is 6.02. The fraction of sp³-hybridized carbons (Fsp3) is 0.462. The summed E-state index contributed by atoms with van der Waals surface area (Å²) < 4.78 is 0. The minimum absolute atomic E-state index is 0.0145. The second-order valence-corrected chi connectivity index (χ2v) is 4.85. The molecule has 1 amide bonds. The summed E-state index contributed by atoms with van der Waals surface area (Å²) in [5, 5.41) is 6.72. The first-order valence-corrected chi connectivity index (χ1v) is 6.11. The van der Waals surface area contributed by atoms with Crippen LogP contribution in [0.5, 0.6) is 0 Å². The van der Waals surface area contributed by atoms with Gasteiger partial charge in [-0.05, 0) is 45.4 Å². The number of amides is 1. The van der Waals surface area contributed by atoms with E-state index in [1.807, 2.05) is 45.9 Å². The van der Waals surface area contributed by atoms with E-state index in [1.165, 1.54) is 0 Å². The lowest BCUT2D eigenvalue weighted by Crippen LogP contribution is -2.41. The molecule has 0 aliphatic carbocycles. The zero-order valence-corrected chi connectivity index (χ0v) is 11.4. The third-order valence-corrected chi connectivity index (χ3v) is 2.87. The first kappa shape index (κ1) is 13.8. The van der Waals surface area contributed by atoms with Crippen molar-refractivity contribution in [3.63, 3.8) is 0 Å². The van der Waals surface area contributed by atoms with E-state index in [-0.39, 0.29) is 18.0 Å². The number of benzene rings is 1. The van der Waals surface area contributed by atoms with Gasteiger partial charge in [-0.15, -0.1) is 0 Å². The Morgan fingerprint density at radius 1 is 1.29 bits per heavy atom. The molecule has 0 fully saturated rings. The van der Waals surface area contributed by atoms with Crippen molar-refractivity contribution in [2.24, 2.45) is 0 Å². The topological polar surface area (TPSA) is 41.1 Å². The lowest BCUT2D eigenvalue weighted by molar-refractivity contribution is -0.122. The van der Waals surface area contributed by atoms with Gasteiger partial charge in [0.05, 0.1) is 0 Å². The maximum Gasteiger partial charge on any atom is 0.242 e. The second kappa shape index (κ2) is 5.92. The first-order chi connectivity index (χ1) is 7.91. The van der Waals surface area contributed by atoms with Crippen molar-refractivity contribution in [2.45, 2.75) is 39.8 Å². The quantitative estimate of drug-likeness (QED) is 0.867. The van der Waals surface area contributed by atoms with Crippen molar-refractivity contribution in [2.75, 3.05) is 5.32 Å². The summed E-state index contributed by atoms with van der Waals surface area (Å²) in [5.74, 6) is -0.0145. The Labute approximate surface area is 108 Å². The Morgan fingerprint density at radius 3 is 2.53 bits per heavy atom. The van der Waals surface area contributed by atoms with Gasteiger partial charge in [0.15, 0.2) is 0 Å². The summed E-state index contributed by atoms with van der Waals surface area (Å²) in [6, 6.07) is 5.48. The average Bonchev–Trinajstić information content (AvgIpc) is 2.23. The largest absolute Gasteiger partial charge is 0.374 e. The predicted molar refractivity (Wildman–Crippen MR) is 72.6 cm³/mol. The SMILES string of the molecule is Cc1c(Cl)cccc1NC(C)C(=O)NC(C)C. The third kappa shape index (κ3) is 3.93. The lowest BCUT2D eigenvalue weighted by Gasteiger charge is -2.18. The van der Waals surface area contributed by atoms with E-state index < -0.39 is 0 Å². The van der Waals surface area contributed by atoms with E-state index in [1.54, 1.807) is 0 Å². The Hall–Kier alpha value is -1.22. The van der Waals surface area contributed by atoms with Gasteiger partial charge in [-0.1, -0.05) is 17.7 Å². The number of halogens is 1. The minimum atomic E-state index is -0.283. The average molecular weight is 255 g/mol. The summed E-state index contributed by atoms with van der Waals surface area (Å²) in [5.41, 5.74) is 1.85. The molecule has 1 rings (SSSR count). The highest BCUT2D eigenvalue weighted by Gasteiger charge is 2.14. The molecule has 1 unspecified atom stereocenters. The number of anilines is 1. The summed E-state index contributed by atoms with van der Waals surface area (Å²) in [7, 11) is 0. The third-order valence-electron chi connectivity index (χ3n) is 2.46. The van der Waals surface area contributed by atoms with E-state index in [0.717, 1.165) is 11.3 Å². The van der Waals surface area contributed by atoms with Gasteiger partial charge in [-0.3, -0.25) is 4.79 Å². The lowest BCUT2D eigenvalue weighted by atomic mass is 10.1. The van der Waals surface area contributed by atoms with Crippen LogP contribution in [0.1, 0.15) is 26.3 Å². The maximum atomic E-state index is 11.7. The molecule has 2 N–H and O–H groups in total. The van der Waals surface area contributed by atoms with Gasteiger partial charge in [0.25, 0.3) is 0 Å². The van der Waals surface area contributed by atoms with Crippen LogP contribution in [0.15, 0.2) is 18.2 Å². The Morgan fingerprint density at radius 2 is 1.94 bits per heavy atom. The van der Waals surface area contributed by atoms with Crippen molar-refractivity contribution >= 4 is 23.2 Å². The van der Waals surface area contributed by atoms with Crippen LogP contribution in [-0.4, -0.2) is 18.0 Å². The monoisotopic (exact) mass is 254 g/mol. The van der Waals surface area contributed by atoms with Crippen LogP contribution in [0.4, 0.5) is 5.69 Å². The molecule has 0 aliphatic rings. The van der Waals surface area contributed by atoms with Crippen LogP contribution in [0.25, 0.3) is 0 Å². The number of rotatable bonds is 4. The molecule has 0 heterocycles.